The van der Waals surface area contributed by atoms with Crippen LogP contribution in [0.2, 0.25) is 0 Å². The van der Waals surface area contributed by atoms with Gasteiger partial charge in [0.2, 0.25) is 5.91 Å². The number of likely N-dealkylation sites (N-methyl/N-ethyl adjacent to an activating group) is 1. The molecule has 1 saturated heterocycles. The molecule has 2 amide bonds. The van der Waals surface area contributed by atoms with E-state index in [0.29, 0.717) is 31.5 Å². The molecule has 8 heteroatoms. The Labute approximate surface area is 204 Å². The maximum atomic E-state index is 12.9. The van der Waals surface area contributed by atoms with Gasteiger partial charge in [0.1, 0.15) is 12.6 Å². The minimum atomic E-state index is -0.930. The van der Waals surface area contributed by atoms with E-state index >= 15 is 0 Å². The van der Waals surface area contributed by atoms with Gasteiger partial charge >= 0.3 is 12.1 Å². The number of hydrogen-bond acceptors (Lipinski definition) is 5. The van der Waals surface area contributed by atoms with Crippen LogP contribution in [-0.2, 0) is 14.3 Å². The minimum Gasteiger partial charge on any atom is -0.480 e. The number of nitrogens with one attached hydrogen (secondary N) is 1. The molecular formula is C27H29N3O5. The number of amides is 2. The van der Waals surface area contributed by atoms with E-state index < -0.39 is 18.1 Å². The van der Waals surface area contributed by atoms with Crippen LogP contribution in [0.4, 0.5) is 4.79 Å². The number of nitrogens with zero attached hydrogens (tertiary/aromatic N) is 2. The number of ether oxygens (including phenoxy) is 1. The van der Waals surface area contributed by atoms with E-state index in [1.54, 1.807) is 16.8 Å². The zero-order chi connectivity index (χ0) is 24.5. The Hall–Kier alpha value is -3.65. The van der Waals surface area contributed by atoms with Gasteiger partial charge in [0.15, 0.2) is 0 Å². The van der Waals surface area contributed by atoms with E-state index in [1.807, 2.05) is 30.3 Å². The van der Waals surface area contributed by atoms with Crippen LogP contribution in [0.5, 0.6) is 0 Å². The zero-order valence-electron chi connectivity index (χ0n) is 19.6. The Morgan fingerprint density at radius 1 is 1.03 bits per heavy atom. The highest BCUT2D eigenvalue weighted by Crippen LogP contribution is 2.44. The Bertz CT molecular complexity index is 1150. The van der Waals surface area contributed by atoms with Crippen molar-refractivity contribution in [2.24, 2.45) is 0 Å². The number of carbonyl (C=O) groups is 3. The van der Waals surface area contributed by atoms with Crippen LogP contribution in [0.15, 0.2) is 60.2 Å². The first-order valence-electron chi connectivity index (χ1n) is 11.9. The Morgan fingerprint density at radius 2 is 1.69 bits per heavy atom. The number of benzene rings is 2. The van der Waals surface area contributed by atoms with Crippen LogP contribution in [0.1, 0.15) is 29.9 Å². The van der Waals surface area contributed by atoms with Gasteiger partial charge in [-0.3, -0.25) is 14.5 Å². The molecule has 0 spiro atoms. The second kappa shape index (κ2) is 9.54. The molecule has 2 N–H and O–H groups in total. The van der Waals surface area contributed by atoms with E-state index in [0.717, 1.165) is 11.1 Å². The van der Waals surface area contributed by atoms with Crippen molar-refractivity contribution < 1.29 is 24.2 Å². The number of alkyl carbamates (subject to hydrolysis) is 1. The molecule has 0 aromatic heterocycles. The lowest BCUT2D eigenvalue weighted by atomic mass is 9.98. The standard InChI is InChI=1S/C27H29N3O5/c1-29-12-13-30(15-24(29)26(32)33)25(31)17-10-11-18(14-17)28-27(34)35-16-23-21-8-4-2-6-19(21)20-7-3-5-9-22(20)23/h2-10,18,23-24H,11-16H2,1H3,(H,28,34)(H,32,33). The van der Waals surface area contributed by atoms with E-state index in [2.05, 4.69) is 29.6 Å². The summed E-state index contributed by atoms with van der Waals surface area (Å²) in [5, 5.41) is 12.3. The molecule has 182 valence electrons. The Balaban J connectivity index is 1.14. The largest absolute Gasteiger partial charge is 0.480 e. The smallest absolute Gasteiger partial charge is 0.407 e. The van der Waals surface area contributed by atoms with Crippen molar-refractivity contribution in [3.05, 3.63) is 71.3 Å². The van der Waals surface area contributed by atoms with Crippen LogP contribution in [0, 0.1) is 0 Å². The van der Waals surface area contributed by atoms with Crippen molar-refractivity contribution >= 4 is 18.0 Å². The topological polar surface area (TPSA) is 99.2 Å². The molecule has 2 unspecified atom stereocenters. The van der Waals surface area contributed by atoms with Crippen molar-refractivity contribution in [1.29, 1.82) is 0 Å². The average molecular weight is 476 g/mol. The maximum absolute atomic E-state index is 12.9. The minimum absolute atomic E-state index is 0.00796. The number of carboxylic acid groups (broad SMARTS) is 1. The fourth-order valence-corrected chi connectivity index (χ4v) is 5.34. The van der Waals surface area contributed by atoms with Crippen molar-refractivity contribution in [2.75, 3.05) is 33.3 Å². The van der Waals surface area contributed by atoms with Gasteiger partial charge in [0.25, 0.3) is 0 Å². The number of aliphatic carboxylic acids is 1. The lowest BCUT2D eigenvalue weighted by molar-refractivity contribution is -0.146. The van der Waals surface area contributed by atoms with Gasteiger partial charge in [-0.05, 0) is 42.1 Å². The fraction of sp³-hybridized carbons (Fsp3) is 0.370. The van der Waals surface area contributed by atoms with Crippen molar-refractivity contribution in [2.45, 2.75) is 30.8 Å². The van der Waals surface area contributed by atoms with Gasteiger partial charge < -0.3 is 20.1 Å². The summed E-state index contributed by atoms with van der Waals surface area (Å²) in [6.45, 7) is 1.40. The summed E-state index contributed by atoms with van der Waals surface area (Å²) < 4.78 is 5.63. The third-order valence-corrected chi connectivity index (χ3v) is 7.28. The third kappa shape index (κ3) is 4.53. The molecule has 2 aliphatic carbocycles. The highest BCUT2D eigenvalue weighted by molar-refractivity contribution is 5.94. The van der Waals surface area contributed by atoms with Crippen LogP contribution in [-0.4, -0.2) is 78.2 Å². The number of carboxylic acids is 1. The van der Waals surface area contributed by atoms with E-state index in [9.17, 15) is 19.5 Å². The maximum Gasteiger partial charge on any atom is 0.407 e. The van der Waals surface area contributed by atoms with Crippen molar-refractivity contribution in [1.82, 2.24) is 15.1 Å². The van der Waals surface area contributed by atoms with Gasteiger partial charge in [-0.25, -0.2) is 4.79 Å². The van der Waals surface area contributed by atoms with Gasteiger partial charge in [0, 0.05) is 37.2 Å². The lowest BCUT2D eigenvalue weighted by Gasteiger charge is -2.37. The fourth-order valence-electron chi connectivity index (χ4n) is 5.34. The summed E-state index contributed by atoms with van der Waals surface area (Å²) in [5.74, 6) is -1.09. The summed E-state index contributed by atoms with van der Waals surface area (Å²) in [6, 6.07) is 15.5. The second-order valence-electron chi connectivity index (χ2n) is 9.42. The lowest BCUT2D eigenvalue weighted by Crippen LogP contribution is -2.56. The number of carbonyl (C=O) groups excluding carboxylic acids is 2. The van der Waals surface area contributed by atoms with Gasteiger partial charge in [-0.2, -0.15) is 0 Å². The Morgan fingerprint density at radius 3 is 2.34 bits per heavy atom. The van der Waals surface area contributed by atoms with Gasteiger partial charge in [-0.1, -0.05) is 54.6 Å². The molecule has 0 bridgehead atoms. The summed E-state index contributed by atoms with van der Waals surface area (Å²) in [6.07, 6.45) is 2.30. The number of fused-ring (bicyclic) bond motifs is 3. The molecule has 2 aromatic carbocycles. The molecule has 3 aliphatic rings. The predicted octanol–water partition coefficient (Wildman–Crippen LogP) is 2.84. The molecule has 2 aromatic rings. The van der Waals surface area contributed by atoms with Crippen LogP contribution < -0.4 is 5.32 Å². The predicted molar refractivity (Wildman–Crippen MR) is 130 cm³/mol. The molecule has 1 aliphatic heterocycles. The molecular weight excluding hydrogens is 446 g/mol. The van der Waals surface area contributed by atoms with Crippen molar-refractivity contribution in [3.63, 3.8) is 0 Å². The normalized spacial score (nSPS) is 21.7. The molecule has 8 nitrogen and oxygen atoms in total. The monoisotopic (exact) mass is 475 g/mol. The summed E-state index contributed by atoms with van der Waals surface area (Å²) >= 11 is 0. The average Bonchev–Trinajstić information content (AvgIpc) is 3.45. The highest BCUT2D eigenvalue weighted by atomic mass is 16.5. The zero-order valence-corrected chi connectivity index (χ0v) is 19.6. The molecule has 35 heavy (non-hydrogen) atoms. The number of hydrogen-bond donors (Lipinski definition) is 2. The van der Waals surface area contributed by atoms with Crippen molar-refractivity contribution in [3.8, 4) is 11.1 Å². The molecule has 0 radical (unpaired) electrons. The molecule has 1 fully saturated rings. The summed E-state index contributed by atoms with van der Waals surface area (Å²) in [5.41, 5.74) is 5.28. The first-order valence-corrected chi connectivity index (χ1v) is 11.9. The molecule has 5 rings (SSSR count). The molecule has 1 heterocycles. The van der Waals surface area contributed by atoms with E-state index in [4.69, 9.17) is 4.74 Å². The first-order chi connectivity index (χ1) is 16.9. The van der Waals surface area contributed by atoms with Crippen LogP contribution in [0.25, 0.3) is 11.1 Å². The van der Waals surface area contributed by atoms with E-state index in [-0.39, 0.29) is 31.0 Å². The number of piperazine rings is 1. The van der Waals surface area contributed by atoms with Gasteiger partial charge in [-0.15, -0.1) is 0 Å². The SMILES string of the molecule is CN1CCN(C(=O)C2=CCC(NC(=O)OCC3c4ccccc4-c4ccccc43)C2)CC1C(=O)O. The summed E-state index contributed by atoms with van der Waals surface area (Å²) in [7, 11) is 1.75. The highest BCUT2D eigenvalue weighted by Gasteiger charge is 2.35. The Kier molecular flexibility index (Phi) is 6.30. The molecule has 0 saturated carbocycles. The molecule has 2 atom stereocenters. The second-order valence-corrected chi connectivity index (χ2v) is 9.42. The number of rotatable bonds is 5. The summed E-state index contributed by atoms with van der Waals surface area (Å²) in [4.78, 5) is 40.3. The van der Waals surface area contributed by atoms with Crippen LogP contribution >= 0.6 is 0 Å². The third-order valence-electron chi connectivity index (χ3n) is 7.28. The quantitative estimate of drug-likeness (QED) is 0.690. The van der Waals surface area contributed by atoms with E-state index in [1.165, 1.54) is 11.1 Å². The van der Waals surface area contributed by atoms with Crippen LogP contribution in [0.3, 0.4) is 0 Å². The first kappa shape index (κ1) is 23.1. The van der Waals surface area contributed by atoms with Gasteiger partial charge in [0.05, 0.1) is 0 Å².